The van der Waals surface area contributed by atoms with Gasteiger partial charge in [-0.15, -0.1) is 0 Å². The third-order valence-electron chi connectivity index (χ3n) is 6.13. The molecule has 0 spiro atoms. The fourth-order valence-electron chi connectivity index (χ4n) is 4.75. The molecule has 0 saturated carbocycles. The molecule has 3 fully saturated rings. The zero-order valence-electron chi connectivity index (χ0n) is 14.9. The fraction of sp³-hybridized carbons (Fsp3) is 0.474. The number of hydrogen-bond donors (Lipinski definition) is 0. The van der Waals surface area contributed by atoms with Crippen LogP contribution in [0, 0.1) is 11.8 Å². The Hall–Kier alpha value is -2.03. The number of sulfonamides is 1. The van der Waals surface area contributed by atoms with Crippen molar-refractivity contribution in [1.29, 1.82) is 0 Å². The third kappa shape index (κ3) is 2.23. The van der Waals surface area contributed by atoms with Crippen molar-refractivity contribution in [3.8, 4) is 0 Å². The summed E-state index contributed by atoms with van der Waals surface area (Å²) in [6, 6.07) is 6.03. The Balaban J connectivity index is 1.45. The van der Waals surface area contributed by atoms with E-state index in [0.29, 0.717) is 18.8 Å². The van der Waals surface area contributed by atoms with Crippen LogP contribution in [0.25, 0.3) is 0 Å². The Labute approximate surface area is 157 Å². The van der Waals surface area contributed by atoms with Crippen molar-refractivity contribution in [1.82, 2.24) is 4.31 Å². The van der Waals surface area contributed by atoms with Gasteiger partial charge in [-0.25, -0.2) is 13.3 Å². The van der Waals surface area contributed by atoms with Gasteiger partial charge in [0.2, 0.25) is 21.8 Å². The maximum atomic E-state index is 12.9. The van der Waals surface area contributed by atoms with Gasteiger partial charge in [0.25, 0.3) is 0 Å². The number of fused-ring (bicyclic) bond motifs is 5. The lowest BCUT2D eigenvalue weighted by Crippen LogP contribution is -2.38. The largest absolute Gasteiger partial charge is 0.362 e. The maximum Gasteiger partial charge on any atom is 0.243 e. The van der Waals surface area contributed by atoms with Crippen LogP contribution in [0.3, 0.4) is 0 Å². The van der Waals surface area contributed by atoms with Gasteiger partial charge in [-0.05, 0) is 44.0 Å². The molecule has 8 heteroatoms. The van der Waals surface area contributed by atoms with E-state index in [0.717, 1.165) is 12.8 Å². The van der Waals surface area contributed by atoms with Crippen LogP contribution in [0.4, 0.5) is 5.69 Å². The van der Waals surface area contributed by atoms with Crippen LogP contribution < -0.4 is 4.90 Å². The second-order valence-electron chi connectivity index (χ2n) is 7.75. The summed E-state index contributed by atoms with van der Waals surface area (Å²) < 4.78 is 32.6. The van der Waals surface area contributed by atoms with Gasteiger partial charge in [0.05, 0.1) is 34.1 Å². The quantitative estimate of drug-likeness (QED) is 0.576. The van der Waals surface area contributed by atoms with E-state index in [1.54, 1.807) is 12.1 Å². The molecule has 5 rings (SSSR count). The topological polar surface area (TPSA) is 84.0 Å². The first-order chi connectivity index (χ1) is 12.8. The van der Waals surface area contributed by atoms with Crippen LogP contribution in [0.5, 0.6) is 0 Å². The van der Waals surface area contributed by atoms with Gasteiger partial charge in [0.15, 0.2) is 0 Å². The molecule has 0 aromatic heterocycles. The van der Waals surface area contributed by atoms with Crippen molar-refractivity contribution < 1.29 is 22.7 Å². The Bertz CT molecular complexity index is 964. The van der Waals surface area contributed by atoms with Crippen molar-refractivity contribution in [2.45, 2.75) is 36.4 Å². The number of amides is 2. The summed E-state index contributed by atoms with van der Waals surface area (Å²) in [4.78, 5) is 27.2. The van der Waals surface area contributed by atoms with Gasteiger partial charge in [0, 0.05) is 13.1 Å². The Morgan fingerprint density at radius 1 is 1.07 bits per heavy atom. The standard InChI is InChI=1S/C19H20N2O5S/c1-19-9-8-14(26-19)15-16(19)18(23)21(17(15)22)12-4-6-13(7-5-12)27(24,25)20-10-2-3-11-20/h4-9,14-16H,2-3,10-11H2,1H3. The monoisotopic (exact) mass is 388 g/mol. The van der Waals surface area contributed by atoms with E-state index < -0.39 is 27.5 Å². The molecule has 4 aliphatic rings. The molecule has 1 aromatic carbocycles. The molecule has 7 nitrogen and oxygen atoms in total. The highest BCUT2D eigenvalue weighted by Crippen LogP contribution is 2.52. The Morgan fingerprint density at radius 2 is 1.74 bits per heavy atom. The van der Waals surface area contributed by atoms with Crippen molar-refractivity contribution in [3.63, 3.8) is 0 Å². The number of ether oxygens (including phenoxy) is 1. The number of carbonyl (C=O) groups is 2. The van der Waals surface area contributed by atoms with Crippen LogP contribution in [-0.4, -0.2) is 49.3 Å². The highest BCUT2D eigenvalue weighted by molar-refractivity contribution is 7.89. The third-order valence-corrected chi connectivity index (χ3v) is 8.04. The predicted octanol–water partition coefficient (Wildman–Crippen LogP) is 1.30. The second kappa shape index (κ2) is 5.50. The van der Waals surface area contributed by atoms with Crippen molar-refractivity contribution in [2.24, 2.45) is 11.8 Å². The highest BCUT2D eigenvalue weighted by atomic mass is 32.2. The summed E-state index contributed by atoms with van der Waals surface area (Å²) in [6.45, 7) is 2.89. The number of nitrogens with zero attached hydrogens (tertiary/aromatic N) is 2. The normalized spacial score (nSPS) is 35.4. The average molecular weight is 388 g/mol. The SMILES string of the molecule is CC12C=CC(O1)C1C(=O)N(c3ccc(S(=O)(=O)N4CCCC4)cc3)C(=O)C12. The van der Waals surface area contributed by atoms with Crippen LogP contribution in [-0.2, 0) is 24.3 Å². The number of benzene rings is 1. The molecule has 4 atom stereocenters. The molecule has 142 valence electrons. The van der Waals surface area contributed by atoms with E-state index in [4.69, 9.17) is 4.74 Å². The summed E-state index contributed by atoms with van der Waals surface area (Å²) in [5.41, 5.74) is -0.335. The van der Waals surface area contributed by atoms with Crippen LogP contribution in [0.15, 0.2) is 41.3 Å². The molecule has 4 unspecified atom stereocenters. The number of carbonyl (C=O) groups excluding carboxylic acids is 2. The van der Waals surface area contributed by atoms with E-state index in [2.05, 4.69) is 0 Å². The zero-order chi connectivity index (χ0) is 19.0. The Morgan fingerprint density at radius 3 is 2.37 bits per heavy atom. The Kier molecular flexibility index (Phi) is 3.48. The number of rotatable bonds is 3. The van der Waals surface area contributed by atoms with Gasteiger partial charge in [0.1, 0.15) is 0 Å². The molecular weight excluding hydrogens is 368 g/mol. The lowest BCUT2D eigenvalue weighted by molar-refractivity contribution is -0.126. The second-order valence-corrected chi connectivity index (χ2v) is 9.68. The van der Waals surface area contributed by atoms with Gasteiger partial charge in [-0.3, -0.25) is 9.59 Å². The van der Waals surface area contributed by atoms with E-state index in [1.807, 2.05) is 19.1 Å². The maximum absolute atomic E-state index is 12.9. The molecule has 4 heterocycles. The molecule has 0 aliphatic carbocycles. The van der Waals surface area contributed by atoms with E-state index in [9.17, 15) is 18.0 Å². The fourth-order valence-corrected chi connectivity index (χ4v) is 6.27. The predicted molar refractivity (Wildman–Crippen MR) is 96.3 cm³/mol. The minimum absolute atomic E-state index is 0.185. The molecule has 0 radical (unpaired) electrons. The van der Waals surface area contributed by atoms with Gasteiger partial charge in [-0.2, -0.15) is 4.31 Å². The zero-order valence-corrected chi connectivity index (χ0v) is 15.7. The minimum Gasteiger partial charge on any atom is -0.362 e. The molecule has 4 aliphatic heterocycles. The number of anilines is 1. The first-order valence-electron chi connectivity index (χ1n) is 9.18. The first kappa shape index (κ1) is 17.1. The van der Waals surface area contributed by atoms with Gasteiger partial charge >= 0.3 is 0 Å². The van der Waals surface area contributed by atoms with Crippen molar-refractivity contribution in [3.05, 3.63) is 36.4 Å². The number of hydrogen-bond acceptors (Lipinski definition) is 5. The minimum atomic E-state index is -3.52. The molecule has 1 aromatic rings. The lowest BCUT2D eigenvalue weighted by atomic mass is 9.78. The molecule has 27 heavy (non-hydrogen) atoms. The molecular formula is C19H20N2O5S. The molecule has 0 N–H and O–H groups in total. The summed E-state index contributed by atoms with van der Waals surface area (Å²) in [5, 5.41) is 0. The van der Waals surface area contributed by atoms with E-state index >= 15 is 0 Å². The van der Waals surface area contributed by atoms with Crippen molar-refractivity contribution >= 4 is 27.5 Å². The summed E-state index contributed by atoms with van der Waals surface area (Å²) in [5.74, 6) is -1.58. The molecule has 3 saturated heterocycles. The smallest absolute Gasteiger partial charge is 0.243 e. The van der Waals surface area contributed by atoms with Crippen LogP contribution >= 0.6 is 0 Å². The van der Waals surface area contributed by atoms with E-state index in [1.165, 1.54) is 21.3 Å². The van der Waals surface area contributed by atoms with Gasteiger partial charge < -0.3 is 4.74 Å². The lowest BCUT2D eigenvalue weighted by Gasteiger charge is -2.24. The highest BCUT2D eigenvalue weighted by Gasteiger charge is 2.66. The van der Waals surface area contributed by atoms with Crippen molar-refractivity contribution in [2.75, 3.05) is 18.0 Å². The summed E-state index contributed by atoms with van der Waals surface area (Å²) in [6.07, 6.45) is 5.08. The van der Waals surface area contributed by atoms with Gasteiger partial charge in [-0.1, -0.05) is 12.2 Å². The summed E-state index contributed by atoms with van der Waals surface area (Å²) in [7, 11) is -3.52. The van der Waals surface area contributed by atoms with E-state index in [-0.39, 0.29) is 22.8 Å². The average Bonchev–Trinajstić information content (AvgIpc) is 3.39. The van der Waals surface area contributed by atoms with Crippen LogP contribution in [0.1, 0.15) is 19.8 Å². The molecule has 2 amide bonds. The number of imide groups is 1. The van der Waals surface area contributed by atoms with Crippen LogP contribution in [0.2, 0.25) is 0 Å². The first-order valence-corrected chi connectivity index (χ1v) is 10.6. The molecule has 2 bridgehead atoms. The summed E-state index contributed by atoms with van der Waals surface area (Å²) >= 11 is 0.